The van der Waals surface area contributed by atoms with Gasteiger partial charge in [-0.2, -0.15) is 0 Å². The summed E-state index contributed by atoms with van der Waals surface area (Å²) in [5.74, 6) is 2.83. The SMILES string of the molecule is COc1ccc(OC)c(C2CCCN2C(=O)NCc2cccc(OCC(C)C)c2)c1. The Morgan fingerprint density at radius 3 is 2.70 bits per heavy atom. The predicted molar refractivity (Wildman–Crippen MR) is 117 cm³/mol. The molecule has 1 aliphatic rings. The van der Waals surface area contributed by atoms with E-state index in [9.17, 15) is 4.79 Å². The Bertz CT molecular complexity index is 853. The van der Waals surface area contributed by atoms with E-state index in [0.29, 0.717) is 25.6 Å². The lowest BCUT2D eigenvalue weighted by Gasteiger charge is -2.27. The number of nitrogens with zero attached hydrogens (tertiary/aromatic N) is 1. The van der Waals surface area contributed by atoms with Gasteiger partial charge in [-0.25, -0.2) is 4.79 Å². The van der Waals surface area contributed by atoms with Gasteiger partial charge in [-0.15, -0.1) is 0 Å². The van der Waals surface area contributed by atoms with Crippen LogP contribution in [0.3, 0.4) is 0 Å². The molecule has 0 aromatic heterocycles. The van der Waals surface area contributed by atoms with Gasteiger partial charge in [-0.1, -0.05) is 26.0 Å². The standard InChI is InChI=1S/C24H32N2O4/c1-17(2)16-30-20-8-5-7-18(13-20)15-25-24(27)26-12-6-9-22(26)21-14-19(28-3)10-11-23(21)29-4/h5,7-8,10-11,13-14,17,22H,6,9,12,15-16H2,1-4H3,(H,25,27). The Hall–Kier alpha value is -2.89. The maximum absolute atomic E-state index is 13.0. The third kappa shape index (κ3) is 5.38. The zero-order valence-corrected chi connectivity index (χ0v) is 18.3. The number of nitrogens with one attached hydrogen (secondary N) is 1. The van der Waals surface area contributed by atoms with Gasteiger partial charge in [0.2, 0.25) is 0 Å². The molecule has 30 heavy (non-hydrogen) atoms. The van der Waals surface area contributed by atoms with Crippen LogP contribution in [-0.2, 0) is 6.54 Å². The molecule has 1 atom stereocenters. The number of likely N-dealkylation sites (tertiary alicyclic amines) is 1. The highest BCUT2D eigenvalue weighted by atomic mass is 16.5. The second-order valence-corrected chi connectivity index (χ2v) is 7.97. The van der Waals surface area contributed by atoms with Crippen molar-refractivity contribution in [3.63, 3.8) is 0 Å². The zero-order chi connectivity index (χ0) is 21.5. The molecule has 1 saturated heterocycles. The van der Waals surface area contributed by atoms with Crippen molar-refractivity contribution in [3.05, 3.63) is 53.6 Å². The number of hydrogen-bond donors (Lipinski definition) is 1. The quantitative estimate of drug-likeness (QED) is 0.678. The van der Waals surface area contributed by atoms with Crippen molar-refractivity contribution in [2.24, 2.45) is 5.92 Å². The van der Waals surface area contributed by atoms with Gasteiger partial charge < -0.3 is 24.4 Å². The molecule has 0 bridgehead atoms. The van der Waals surface area contributed by atoms with Crippen LogP contribution in [0.15, 0.2) is 42.5 Å². The number of carbonyl (C=O) groups is 1. The molecule has 1 heterocycles. The number of carbonyl (C=O) groups excluding carboxylic acids is 1. The molecule has 2 aromatic rings. The monoisotopic (exact) mass is 412 g/mol. The third-order valence-corrected chi connectivity index (χ3v) is 5.24. The van der Waals surface area contributed by atoms with Gasteiger partial charge in [0.1, 0.15) is 17.2 Å². The first-order valence-corrected chi connectivity index (χ1v) is 10.5. The Morgan fingerprint density at radius 2 is 1.97 bits per heavy atom. The molecule has 2 amide bonds. The maximum atomic E-state index is 13.0. The fourth-order valence-corrected chi connectivity index (χ4v) is 3.72. The summed E-state index contributed by atoms with van der Waals surface area (Å²) in [5, 5.41) is 3.06. The molecule has 2 aromatic carbocycles. The summed E-state index contributed by atoms with van der Waals surface area (Å²) in [6.07, 6.45) is 1.85. The molecular weight excluding hydrogens is 380 g/mol. The summed E-state index contributed by atoms with van der Waals surface area (Å²) >= 11 is 0. The van der Waals surface area contributed by atoms with Crippen LogP contribution in [0.4, 0.5) is 4.79 Å². The molecule has 1 unspecified atom stereocenters. The van der Waals surface area contributed by atoms with Gasteiger partial charge >= 0.3 is 6.03 Å². The first kappa shape index (κ1) is 21.8. The summed E-state index contributed by atoms with van der Waals surface area (Å²) in [6, 6.07) is 13.5. The molecular formula is C24H32N2O4. The van der Waals surface area contributed by atoms with E-state index in [1.165, 1.54) is 0 Å². The first-order valence-electron chi connectivity index (χ1n) is 10.5. The largest absolute Gasteiger partial charge is 0.497 e. The van der Waals surface area contributed by atoms with Crippen LogP contribution in [0.5, 0.6) is 17.2 Å². The third-order valence-electron chi connectivity index (χ3n) is 5.24. The molecule has 3 rings (SSSR count). The predicted octanol–water partition coefficient (Wildman–Crippen LogP) is 4.79. The number of rotatable bonds is 8. The Morgan fingerprint density at radius 1 is 1.13 bits per heavy atom. The van der Waals surface area contributed by atoms with Crippen LogP contribution in [0, 0.1) is 5.92 Å². The van der Waals surface area contributed by atoms with Crippen LogP contribution >= 0.6 is 0 Å². The zero-order valence-electron chi connectivity index (χ0n) is 18.3. The van der Waals surface area contributed by atoms with Crippen molar-refractivity contribution in [1.82, 2.24) is 10.2 Å². The summed E-state index contributed by atoms with van der Waals surface area (Å²) in [5.41, 5.74) is 1.99. The Labute approximate surface area is 179 Å². The van der Waals surface area contributed by atoms with Crippen LogP contribution in [0.2, 0.25) is 0 Å². The molecule has 1 fully saturated rings. The van der Waals surface area contributed by atoms with Gasteiger partial charge in [-0.05, 0) is 54.7 Å². The average Bonchev–Trinajstić information content (AvgIpc) is 3.25. The van der Waals surface area contributed by atoms with Gasteiger partial charge in [0.15, 0.2) is 0 Å². The number of ether oxygens (including phenoxy) is 3. The summed E-state index contributed by atoms with van der Waals surface area (Å²) in [4.78, 5) is 14.9. The molecule has 6 heteroatoms. The molecule has 162 valence electrons. The second kappa shape index (κ2) is 10.2. The van der Waals surface area contributed by atoms with E-state index in [2.05, 4.69) is 19.2 Å². The van der Waals surface area contributed by atoms with Crippen LogP contribution < -0.4 is 19.5 Å². The van der Waals surface area contributed by atoms with E-state index in [0.717, 1.165) is 41.2 Å². The molecule has 0 aliphatic carbocycles. The molecule has 0 saturated carbocycles. The minimum absolute atomic E-state index is 0.0317. The fraction of sp³-hybridized carbons (Fsp3) is 0.458. The number of amides is 2. The molecule has 6 nitrogen and oxygen atoms in total. The van der Waals surface area contributed by atoms with Gasteiger partial charge in [0, 0.05) is 18.7 Å². The number of benzene rings is 2. The normalized spacial score (nSPS) is 15.9. The highest BCUT2D eigenvalue weighted by Gasteiger charge is 2.32. The van der Waals surface area contributed by atoms with E-state index in [1.54, 1.807) is 14.2 Å². The number of hydrogen-bond acceptors (Lipinski definition) is 4. The van der Waals surface area contributed by atoms with E-state index >= 15 is 0 Å². The summed E-state index contributed by atoms with van der Waals surface area (Å²) in [6.45, 7) is 6.08. The maximum Gasteiger partial charge on any atom is 0.318 e. The van der Waals surface area contributed by atoms with E-state index in [-0.39, 0.29) is 12.1 Å². The fourth-order valence-electron chi connectivity index (χ4n) is 3.72. The number of methoxy groups -OCH3 is 2. The smallest absolute Gasteiger partial charge is 0.318 e. The first-order chi connectivity index (χ1) is 14.5. The van der Waals surface area contributed by atoms with Crippen molar-refractivity contribution in [2.45, 2.75) is 39.3 Å². The van der Waals surface area contributed by atoms with Crippen LogP contribution in [-0.4, -0.2) is 38.3 Å². The van der Waals surface area contributed by atoms with Gasteiger partial charge in [0.25, 0.3) is 0 Å². The molecule has 0 spiro atoms. The lowest BCUT2D eigenvalue weighted by Crippen LogP contribution is -2.39. The Kier molecular flexibility index (Phi) is 7.44. The van der Waals surface area contributed by atoms with Gasteiger partial charge in [-0.3, -0.25) is 0 Å². The van der Waals surface area contributed by atoms with Crippen molar-refractivity contribution in [2.75, 3.05) is 27.4 Å². The highest BCUT2D eigenvalue weighted by Crippen LogP contribution is 2.38. The van der Waals surface area contributed by atoms with Crippen LogP contribution in [0.25, 0.3) is 0 Å². The minimum Gasteiger partial charge on any atom is -0.497 e. The van der Waals surface area contributed by atoms with Crippen molar-refractivity contribution in [1.29, 1.82) is 0 Å². The lowest BCUT2D eigenvalue weighted by atomic mass is 10.0. The van der Waals surface area contributed by atoms with E-state index in [4.69, 9.17) is 14.2 Å². The summed E-state index contributed by atoms with van der Waals surface area (Å²) in [7, 11) is 3.29. The highest BCUT2D eigenvalue weighted by molar-refractivity contribution is 5.75. The van der Waals surface area contributed by atoms with Crippen molar-refractivity contribution in [3.8, 4) is 17.2 Å². The topological polar surface area (TPSA) is 60.0 Å². The van der Waals surface area contributed by atoms with Gasteiger partial charge in [0.05, 0.1) is 26.9 Å². The summed E-state index contributed by atoms with van der Waals surface area (Å²) < 4.78 is 16.7. The lowest BCUT2D eigenvalue weighted by molar-refractivity contribution is 0.191. The Balaban J connectivity index is 1.66. The number of urea groups is 1. The van der Waals surface area contributed by atoms with E-state index in [1.807, 2.05) is 47.4 Å². The van der Waals surface area contributed by atoms with Crippen molar-refractivity contribution < 1.29 is 19.0 Å². The molecule has 1 aliphatic heterocycles. The van der Waals surface area contributed by atoms with Crippen molar-refractivity contribution >= 4 is 6.03 Å². The van der Waals surface area contributed by atoms with E-state index < -0.39 is 0 Å². The molecule has 1 N–H and O–H groups in total. The second-order valence-electron chi connectivity index (χ2n) is 7.97. The van der Waals surface area contributed by atoms with Crippen LogP contribution in [0.1, 0.15) is 43.9 Å². The molecule has 0 radical (unpaired) electrons. The average molecular weight is 413 g/mol. The minimum atomic E-state index is -0.0733.